The van der Waals surface area contributed by atoms with Crippen LogP contribution in [0.5, 0.6) is 0 Å². The number of benzene rings is 1. The number of alkyl carbamates (subject to hydrolysis) is 1. The fraction of sp³-hybridized carbons (Fsp3) is 0.400. The number of rotatable bonds is 4. The highest BCUT2D eigenvalue weighted by Crippen LogP contribution is 2.16. The fourth-order valence-corrected chi connectivity index (χ4v) is 1.52. The molecule has 1 amide bonds. The Kier molecular flexibility index (Phi) is 6.02. The van der Waals surface area contributed by atoms with E-state index in [0.717, 1.165) is 5.56 Å². The van der Waals surface area contributed by atoms with Crippen LogP contribution in [0.3, 0.4) is 0 Å². The maximum Gasteiger partial charge on any atom is 0.407 e. The van der Waals surface area contributed by atoms with Gasteiger partial charge in [0.1, 0.15) is 11.4 Å². The summed E-state index contributed by atoms with van der Waals surface area (Å²) in [5.74, 6) is -0.444. The van der Waals surface area contributed by atoms with Gasteiger partial charge in [0, 0.05) is 6.54 Å². The molecular formula is C15H19ClFNO2. The van der Waals surface area contributed by atoms with E-state index in [1.165, 1.54) is 12.1 Å². The van der Waals surface area contributed by atoms with Gasteiger partial charge in [0.05, 0.1) is 5.02 Å². The zero-order valence-electron chi connectivity index (χ0n) is 11.9. The van der Waals surface area contributed by atoms with Crippen LogP contribution in [0.4, 0.5) is 9.18 Å². The van der Waals surface area contributed by atoms with Gasteiger partial charge in [-0.25, -0.2) is 9.18 Å². The molecule has 0 atom stereocenters. The first kappa shape index (κ1) is 16.5. The van der Waals surface area contributed by atoms with Crippen molar-refractivity contribution in [2.45, 2.75) is 32.8 Å². The van der Waals surface area contributed by atoms with Gasteiger partial charge >= 0.3 is 6.09 Å². The number of hydrogen-bond acceptors (Lipinski definition) is 2. The number of nitrogens with one attached hydrogen (secondary N) is 1. The molecule has 1 N–H and O–H groups in total. The second kappa shape index (κ2) is 7.29. The van der Waals surface area contributed by atoms with Gasteiger partial charge in [0.25, 0.3) is 0 Å². The van der Waals surface area contributed by atoms with E-state index in [1.807, 2.05) is 26.8 Å². The van der Waals surface area contributed by atoms with E-state index in [0.29, 0.717) is 13.0 Å². The molecule has 1 rings (SSSR count). The van der Waals surface area contributed by atoms with Gasteiger partial charge in [-0.15, -0.1) is 0 Å². The van der Waals surface area contributed by atoms with Gasteiger partial charge in [-0.2, -0.15) is 0 Å². The minimum absolute atomic E-state index is 0.105. The quantitative estimate of drug-likeness (QED) is 0.836. The molecule has 0 aliphatic carbocycles. The molecule has 5 heteroatoms. The van der Waals surface area contributed by atoms with Gasteiger partial charge in [-0.1, -0.05) is 29.8 Å². The third-order valence-corrected chi connectivity index (χ3v) is 2.54. The molecule has 0 aliphatic heterocycles. The fourth-order valence-electron chi connectivity index (χ4n) is 1.41. The highest BCUT2D eigenvalue weighted by molar-refractivity contribution is 6.30. The van der Waals surface area contributed by atoms with Gasteiger partial charge in [0.15, 0.2) is 0 Å². The number of hydrogen-bond donors (Lipinski definition) is 1. The molecule has 0 bridgehead atoms. The Hall–Kier alpha value is -1.55. The summed E-state index contributed by atoms with van der Waals surface area (Å²) in [4.78, 5) is 11.4. The van der Waals surface area contributed by atoms with Crippen molar-refractivity contribution in [3.63, 3.8) is 0 Å². The molecule has 0 spiro atoms. The average Bonchev–Trinajstić information content (AvgIpc) is 2.31. The van der Waals surface area contributed by atoms with Crippen LogP contribution in [0.2, 0.25) is 5.02 Å². The predicted octanol–water partition coefficient (Wildman–Crippen LogP) is 4.41. The van der Waals surface area contributed by atoms with Crippen molar-refractivity contribution in [3.05, 3.63) is 40.7 Å². The minimum atomic E-state index is -0.499. The van der Waals surface area contributed by atoms with Gasteiger partial charge in [0.2, 0.25) is 0 Å². The molecule has 0 aliphatic rings. The average molecular weight is 300 g/mol. The Morgan fingerprint density at radius 2 is 2.15 bits per heavy atom. The first-order valence-corrected chi connectivity index (χ1v) is 6.74. The van der Waals surface area contributed by atoms with Crippen LogP contribution < -0.4 is 5.32 Å². The zero-order valence-corrected chi connectivity index (χ0v) is 12.6. The highest BCUT2D eigenvalue weighted by atomic mass is 35.5. The van der Waals surface area contributed by atoms with E-state index >= 15 is 0 Å². The normalized spacial score (nSPS) is 11.7. The summed E-state index contributed by atoms with van der Waals surface area (Å²) in [6.45, 7) is 5.88. The summed E-state index contributed by atoms with van der Waals surface area (Å²) in [6.07, 6.45) is 3.81. The second-order valence-electron chi connectivity index (χ2n) is 5.29. The Morgan fingerprint density at radius 1 is 1.45 bits per heavy atom. The minimum Gasteiger partial charge on any atom is -0.444 e. The van der Waals surface area contributed by atoms with Crippen LogP contribution in [0.1, 0.15) is 32.8 Å². The van der Waals surface area contributed by atoms with E-state index in [1.54, 1.807) is 12.1 Å². The summed E-state index contributed by atoms with van der Waals surface area (Å²) < 4.78 is 18.3. The molecule has 1 aromatic rings. The van der Waals surface area contributed by atoms with E-state index in [4.69, 9.17) is 16.3 Å². The number of ether oxygens (including phenoxy) is 1. The molecule has 0 aromatic heterocycles. The molecule has 110 valence electrons. The number of carbonyl (C=O) groups is 1. The number of halogens is 2. The SMILES string of the molecule is CC(C)(C)OC(=O)NCCC=Cc1ccc(Cl)c(F)c1. The first-order chi connectivity index (χ1) is 9.28. The van der Waals surface area contributed by atoms with Gasteiger partial charge < -0.3 is 10.1 Å². The molecule has 20 heavy (non-hydrogen) atoms. The maximum atomic E-state index is 13.2. The lowest BCUT2D eigenvalue weighted by molar-refractivity contribution is 0.0529. The lowest BCUT2D eigenvalue weighted by Gasteiger charge is -2.19. The number of amides is 1. The molecule has 0 saturated carbocycles. The summed E-state index contributed by atoms with van der Waals surface area (Å²) in [5.41, 5.74) is 0.227. The molecular weight excluding hydrogens is 281 g/mol. The Morgan fingerprint density at radius 3 is 2.75 bits per heavy atom. The first-order valence-electron chi connectivity index (χ1n) is 6.36. The van der Waals surface area contributed by atoms with Crippen LogP contribution in [-0.2, 0) is 4.74 Å². The van der Waals surface area contributed by atoms with Gasteiger partial charge in [-0.05, 0) is 44.9 Å². The topological polar surface area (TPSA) is 38.3 Å². The van der Waals surface area contributed by atoms with Crippen molar-refractivity contribution in [2.75, 3.05) is 6.54 Å². The molecule has 0 unspecified atom stereocenters. The smallest absolute Gasteiger partial charge is 0.407 e. The second-order valence-corrected chi connectivity index (χ2v) is 5.70. The monoisotopic (exact) mass is 299 g/mol. The lowest BCUT2D eigenvalue weighted by atomic mass is 10.2. The van der Waals surface area contributed by atoms with E-state index in [-0.39, 0.29) is 5.02 Å². The molecule has 1 aromatic carbocycles. The highest BCUT2D eigenvalue weighted by Gasteiger charge is 2.15. The van der Waals surface area contributed by atoms with E-state index in [2.05, 4.69) is 5.32 Å². The zero-order chi connectivity index (χ0) is 15.2. The van der Waals surface area contributed by atoms with Crippen LogP contribution in [0, 0.1) is 5.82 Å². The largest absolute Gasteiger partial charge is 0.444 e. The molecule has 3 nitrogen and oxygen atoms in total. The third kappa shape index (κ3) is 6.57. The third-order valence-electron chi connectivity index (χ3n) is 2.23. The van der Waals surface area contributed by atoms with Crippen LogP contribution in [0.25, 0.3) is 6.08 Å². The summed E-state index contributed by atoms with van der Waals surface area (Å²) in [6, 6.07) is 4.60. The lowest BCUT2D eigenvalue weighted by Crippen LogP contribution is -2.32. The summed E-state index contributed by atoms with van der Waals surface area (Å²) in [5, 5.41) is 2.74. The van der Waals surface area contributed by atoms with Crippen molar-refractivity contribution < 1.29 is 13.9 Å². The van der Waals surface area contributed by atoms with Gasteiger partial charge in [-0.3, -0.25) is 0 Å². The van der Waals surface area contributed by atoms with Crippen LogP contribution >= 0.6 is 11.6 Å². The van der Waals surface area contributed by atoms with Crippen molar-refractivity contribution in [1.82, 2.24) is 5.32 Å². The Bertz CT molecular complexity index is 495. The van der Waals surface area contributed by atoms with Crippen molar-refractivity contribution in [3.8, 4) is 0 Å². The van der Waals surface area contributed by atoms with Crippen molar-refractivity contribution in [1.29, 1.82) is 0 Å². The number of carbonyl (C=O) groups excluding carboxylic acids is 1. The van der Waals surface area contributed by atoms with E-state index in [9.17, 15) is 9.18 Å². The molecule has 0 radical (unpaired) electrons. The summed E-state index contributed by atoms with van der Waals surface area (Å²) in [7, 11) is 0. The standard InChI is InChI=1S/C15H19ClFNO2/c1-15(2,3)20-14(19)18-9-5-4-6-11-7-8-12(16)13(17)10-11/h4,6-8,10H,5,9H2,1-3H3,(H,18,19). The van der Waals surface area contributed by atoms with Crippen LogP contribution in [-0.4, -0.2) is 18.2 Å². The Labute approximate surface area is 123 Å². The molecule has 0 heterocycles. The van der Waals surface area contributed by atoms with Crippen LogP contribution in [0.15, 0.2) is 24.3 Å². The predicted molar refractivity (Wildman–Crippen MR) is 79.3 cm³/mol. The van der Waals surface area contributed by atoms with E-state index < -0.39 is 17.5 Å². The van der Waals surface area contributed by atoms with Crippen molar-refractivity contribution >= 4 is 23.8 Å². The Balaban J connectivity index is 2.32. The molecule has 0 fully saturated rings. The maximum absolute atomic E-state index is 13.2. The molecule has 0 saturated heterocycles. The summed E-state index contributed by atoms with van der Waals surface area (Å²) >= 11 is 5.59. The van der Waals surface area contributed by atoms with Crippen molar-refractivity contribution in [2.24, 2.45) is 0 Å².